The molecule has 1 rings (SSSR count). The number of nitrogens with two attached hydrogens (primary N) is 1. The van der Waals surface area contributed by atoms with E-state index in [2.05, 4.69) is 47.1 Å². The van der Waals surface area contributed by atoms with E-state index in [9.17, 15) is 0 Å². The molecular weight excluding hydrogens is 226 g/mol. The molecule has 0 unspecified atom stereocenters. The van der Waals surface area contributed by atoms with Gasteiger partial charge in [-0.2, -0.15) is 0 Å². The first kappa shape index (κ1) is 10.7. The van der Waals surface area contributed by atoms with E-state index < -0.39 is 0 Å². The molecule has 0 radical (unpaired) electrons. The van der Waals surface area contributed by atoms with Crippen LogP contribution < -0.4 is 5.73 Å². The van der Waals surface area contributed by atoms with Gasteiger partial charge in [0.25, 0.3) is 0 Å². The topological polar surface area (TPSA) is 26.0 Å². The van der Waals surface area contributed by atoms with Crippen LogP contribution in [0.5, 0.6) is 0 Å². The van der Waals surface area contributed by atoms with Crippen LogP contribution in [0.25, 0.3) is 0 Å². The first-order valence-electron chi connectivity index (χ1n) is 4.72. The van der Waals surface area contributed by atoms with Gasteiger partial charge in [-0.1, -0.05) is 41.4 Å². The fourth-order valence-electron chi connectivity index (χ4n) is 1.40. The second-order valence-corrected chi connectivity index (χ2v) is 4.30. The Labute approximate surface area is 88.5 Å². The van der Waals surface area contributed by atoms with Gasteiger partial charge in [0.1, 0.15) is 0 Å². The van der Waals surface area contributed by atoms with Crippen LogP contribution in [0.1, 0.15) is 25.3 Å². The van der Waals surface area contributed by atoms with E-state index in [1.807, 2.05) is 0 Å². The molecule has 0 saturated carbocycles. The summed E-state index contributed by atoms with van der Waals surface area (Å²) in [4.78, 5) is 0. The van der Waals surface area contributed by atoms with E-state index in [0.29, 0.717) is 6.04 Å². The van der Waals surface area contributed by atoms with Gasteiger partial charge < -0.3 is 5.73 Å². The van der Waals surface area contributed by atoms with Gasteiger partial charge in [-0.05, 0) is 30.5 Å². The molecule has 0 bridgehead atoms. The number of rotatable bonds is 4. The molecule has 1 atom stereocenters. The summed E-state index contributed by atoms with van der Waals surface area (Å²) in [7, 11) is 0. The Morgan fingerprint density at radius 2 is 1.92 bits per heavy atom. The smallest absolute Gasteiger partial charge is 0.0175 e. The molecule has 0 aliphatic carbocycles. The fraction of sp³-hybridized carbons (Fsp3) is 0.455. The minimum Gasteiger partial charge on any atom is -0.327 e. The summed E-state index contributed by atoms with van der Waals surface area (Å²) >= 11 is 3.41. The molecule has 1 aromatic carbocycles. The summed E-state index contributed by atoms with van der Waals surface area (Å²) in [5.41, 5.74) is 7.27. The standard InChI is InChI=1S/C11H16BrN/c1-2-3-11(13)8-9-4-6-10(12)7-5-9/h4-7,11H,2-3,8,13H2,1H3/t11-/m0/s1. The SMILES string of the molecule is CCC[C@H](N)Cc1ccc(Br)cc1. The second-order valence-electron chi connectivity index (χ2n) is 3.38. The molecular formula is C11H16BrN. The molecule has 0 saturated heterocycles. The van der Waals surface area contributed by atoms with Crippen LogP contribution in [0.3, 0.4) is 0 Å². The van der Waals surface area contributed by atoms with Crippen molar-refractivity contribution < 1.29 is 0 Å². The molecule has 0 aromatic heterocycles. The molecule has 2 heteroatoms. The number of hydrogen-bond donors (Lipinski definition) is 1. The van der Waals surface area contributed by atoms with E-state index >= 15 is 0 Å². The summed E-state index contributed by atoms with van der Waals surface area (Å²) in [5.74, 6) is 0. The Morgan fingerprint density at radius 3 is 2.46 bits per heavy atom. The molecule has 0 aliphatic heterocycles. The lowest BCUT2D eigenvalue weighted by Gasteiger charge is -2.09. The van der Waals surface area contributed by atoms with Crippen molar-refractivity contribution in [3.05, 3.63) is 34.3 Å². The van der Waals surface area contributed by atoms with E-state index in [-0.39, 0.29) is 0 Å². The van der Waals surface area contributed by atoms with E-state index in [1.54, 1.807) is 0 Å². The molecule has 2 N–H and O–H groups in total. The predicted molar refractivity (Wildman–Crippen MR) is 60.7 cm³/mol. The Kier molecular flexibility index (Phi) is 4.46. The number of halogens is 1. The summed E-state index contributed by atoms with van der Waals surface area (Å²) in [6.07, 6.45) is 3.26. The Bertz CT molecular complexity index is 243. The third kappa shape index (κ3) is 3.92. The highest BCUT2D eigenvalue weighted by molar-refractivity contribution is 9.10. The van der Waals surface area contributed by atoms with Gasteiger partial charge in [-0.15, -0.1) is 0 Å². The third-order valence-corrected chi connectivity index (χ3v) is 2.60. The van der Waals surface area contributed by atoms with Gasteiger partial charge in [0.15, 0.2) is 0 Å². The van der Waals surface area contributed by atoms with Crippen molar-refractivity contribution in [2.24, 2.45) is 5.73 Å². The Balaban J connectivity index is 2.49. The zero-order chi connectivity index (χ0) is 9.68. The van der Waals surface area contributed by atoms with E-state index in [1.165, 1.54) is 5.56 Å². The van der Waals surface area contributed by atoms with Gasteiger partial charge in [0, 0.05) is 10.5 Å². The lowest BCUT2D eigenvalue weighted by molar-refractivity contribution is 0.600. The minimum absolute atomic E-state index is 0.311. The second kappa shape index (κ2) is 5.40. The summed E-state index contributed by atoms with van der Waals surface area (Å²) < 4.78 is 1.13. The average Bonchev–Trinajstić information content (AvgIpc) is 2.09. The first-order chi connectivity index (χ1) is 6.22. The highest BCUT2D eigenvalue weighted by atomic mass is 79.9. The predicted octanol–water partition coefficient (Wildman–Crippen LogP) is 3.12. The van der Waals surface area contributed by atoms with Crippen molar-refractivity contribution in [2.45, 2.75) is 32.2 Å². The third-order valence-electron chi connectivity index (χ3n) is 2.07. The molecule has 1 nitrogen and oxygen atoms in total. The van der Waals surface area contributed by atoms with Crippen molar-refractivity contribution in [3.8, 4) is 0 Å². The summed E-state index contributed by atoms with van der Waals surface area (Å²) in [6.45, 7) is 2.17. The molecule has 13 heavy (non-hydrogen) atoms. The first-order valence-corrected chi connectivity index (χ1v) is 5.51. The summed E-state index contributed by atoms with van der Waals surface area (Å²) in [6, 6.07) is 8.69. The zero-order valence-corrected chi connectivity index (χ0v) is 9.55. The van der Waals surface area contributed by atoms with Gasteiger partial charge in [-0.3, -0.25) is 0 Å². The van der Waals surface area contributed by atoms with Crippen LogP contribution in [0.15, 0.2) is 28.7 Å². The van der Waals surface area contributed by atoms with Crippen molar-refractivity contribution in [1.82, 2.24) is 0 Å². The van der Waals surface area contributed by atoms with Crippen LogP contribution in [0.4, 0.5) is 0 Å². The molecule has 1 aromatic rings. The van der Waals surface area contributed by atoms with Gasteiger partial charge >= 0.3 is 0 Å². The van der Waals surface area contributed by atoms with Crippen LogP contribution >= 0.6 is 15.9 Å². The van der Waals surface area contributed by atoms with Crippen molar-refractivity contribution in [1.29, 1.82) is 0 Å². The zero-order valence-electron chi connectivity index (χ0n) is 7.96. The normalized spacial score (nSPS) is 12.8. The monoisotopic (exact) mass is 241 g/mol. The maximum Gasteiger partial charge on any atom is 0.0175 e. The van der Waals surface area contributed by atoms with Gasteiger partial charge in [0.05, 0.1) is 0 Å². The maximum atomic E-state index is 5.94. The van der Waals surface area contributed by atoms with Crippen LogP contribution in [0, 0.1) is 0 Å². The molecule has 0 heterocycles. The van der Waals surface area contributed by atoms with Crippen LogP contribution in [-0.2, 0) is 6.42 Å². The molecule has 0 aliphatic rings. The molecule has 0 amide bonds. The van der Waals surface area contributed by atoms with Crippen LogP contribution in [-0.4, -0.2) is 6.04 Å². The van der Waals surface area contributed by atoms with Crippen molar-refractivity contribution >= 4 is 15.9 Å². The van der Waals surface area contributed by atoms with Crippen LogP contribution in [0.2, 0.25) is 0 Å². The lowest BCUT2D eigenvalue weighted by Crippen LogP contribution is -2.22. The largest absolute Gasteiger partial charge is 0.327 e. The highest BCUT2D eigenvalue weighted by Crippen LogP contribution is 2.12. The number of benzene rings is 1. The van der Waals surface area contributed by atoms with Crippen molar-refractivity contribution in [3.63, 3.8) is 0 Å². The Morgan fingerprint density at radius 1 is 1.31 bits per heavy atom. The molecule has 72 valence electrons. The van der Waals surface area contributed by atoms with E-state index in [0.717, 1.165) is 23.7 Å². The maximum absolute atomic E-state index is 5.94. The number of hydrogen-bond acceptors (Lipinski definition) is 1. The highest BCUT2D eigenvalue weighted by Gasteiger charge is 2.01. The summed E-state index contributed by atoms with van der Waals surface area (Å²) in [5, 5.41) is 0. The quantitative estimate of drug-likeness (QED) is 0.862. The Hall–Kier alpha value is -0.340. The minimum atomic E-state index is 0.311. The van der Waals surface area contributed by atoms with Gasteiger partial charge in [-0.25, -0.2) is 0 Å². The van der Waals surface area contributed by atoms with E-state index in [4.69, 9.17) is 5.73 Å². The average molecular weight is 242 g/mol. The fourth-order valence-corrected chi connectivity index (χ4v) is 1.66. The van der Waals surface area contributed by atoms with Crippen molar-refractivity contribution in [2.75, 3.05) is 0 Å². The molecule has 0 spiro atoms. The molecule has 0 fully saturated rings. The van der Waals surface area contributed by atoms with Gasteiger partial charge in [0.2, 0.25) is 0 Å². The lowest BCUT2D eigenvalue weighted by atomic mass is 10.0.